The zero-order valence-corrected chi connectivity index (χ0v) is 18.9. The number of aromatic nitrogens is 5. The number of hydrogen-bond donors (Lipinski definition) is 2. The van der Waals surface area contributed by atoms with E-state index in [0.29, 0.717) is 48.0 Å². The minimum Gasteiger partial charge on any atom is -0.478 e. The Morgan fingerprint density at radius 3 is 2.68 bits per heavy atom. The number of carbonyl (C=O) groups excluding carboxylic acids is 1. The molecule has 0 unspecified atom stereocenters. The van der Waals surface area contributed by atoms with E-state index >= 15 is 0 Å². The third kappa shape index (κ3) is 4.10. The van der Waals surface area contributed by atoms with Crippen molar-refractivity contribution in [2.75, 3.05) is 11.9 Å². The van der Waals surface area contributed by atoms with Crippen LogP contribution in [0.15, 0.2) is 54.7 Å². The Bertz CT molecular complexity index is 1340. The number of pyridine rings is 1. The van der Waals surface area contributed by atoms with Gasteiger partial charge in [-0.25, -0.2) is 14.5 Å². The number of nitrogens with one attached hydrogen (secondary N) is 2. The van der Waals surface area contributed by atoms with Crippen LogP contribution in [0.2, 0.25) is 5.02 Å². The van der Waals surface area contributed by atoms with E-state index in [2.05, 4.69) is 30.9 Å². The van der Waals surface area contributed by atoms with Crippen LogP contribution in [0.4, 0.5) is 10.1 Å². The summed E-state index contributed by atoms with van der Waals surface area (Å²) >= 11 is 5.81. The third-order valence-electron chi connectivity index (χ3n) is 5.87. The number of tetrazole rings is 1. The van der Waals surface area contributed by atoms with Crippen LogP contribution in [0.5, 0.6) is 5.88 Å². The highest BCUT2D eigenvalue weighted by Gasteiger charge is 2.51. The molecule has 0 bridgehead atoms. The maximum atomic E-state index is 14.0. The molecule has 172 valence electrons. The van der Waals surface area contributed by atoms with E-state index in [0.717, 1.165) is 11.1 Å². The fourth-order valence-electron chi connectivity index (χ4n) is 3.93. The molecular weight excluding hydrogens is 459 g/mol. The highest BCUT2D eigenvalue weighted by molar-refractivity contribution is 6.30. The largest absolute Gasteiger partial charge is 0.478 e. The molecule has 5 rings (SSSR count). The molecule has 4 aromatic rings. The molecule has 2 aromatic carbocycles. The number of carbonyl (C=O) groups is 1. The van der Waals surface area contributed by atoms with Crippen molar-refractivity contribution in [1.82, 2.24) is 25.6 Å². The van der Waals surface area contributed by atoms with Gasteiger partial charge in [-0.05, 0) is 71.7 Å². The van der Waals surface area contributed by atoms with Gasteiger partial charge in [-0.15, -0.1) is 5.10 Å². The van der Waals surface area contributed by atoms with E-state index < -0.39 is 11.2 Å². The molecule has 0 aliphatic heterocycles. The topological polar surface area (TPSA) is 106 Å². The summed E-state index contributed by atoms with van der Waals surface area (Å²) in [4.78, 5) is 17.5. The monoisotopic (exact) mass is 478 g/mol. The van der Waals surface area contributed by atoms with Crippen LogP contribution in [-0.4, -0.2) is 38.1 Å². The van der Waals surface area contributed by atoms with E-state index in [1.54, 1.807) is 30.5 Å². The molecule has 0 saturated heterocycles. The molecule has 1 aliphatic rings. The maximum Gasteiger partial charge on any atom is 0.235 e. The Morgan fingerprint density at radius 1 is 1.18 bits per heavy atom. The molecule has 0 radical (unpaired) electrons. The average Bonchev–Trinajstić information content (AvgIpc) is 3.48. The number of halogens is 2. The fraction of sp³-hybridized carbons (Fsp3) is 0.208. The van der Waals surface area contributed by atoms with Crippen molar-refractivity contribution >= 4 is 23.2 Å². The minimum absolute atomic E-state index is 0.0321. The zero-order valence-electron chi connectivity index (χ0n) is 18.2. The molecule has 8 nitrogen and oxygen atoms in total. The van der Waals surface area contributed by atoms with Crippen LogP contribution < -0.4 is 10.1 Å². The highest BCUT2D eigenvalue weighted by atomic mass is 35.5. The standard InChI is InChI=1S/C24H20ClFN6O2/c1-2-34-21-8-3-14(13-27-21)17-6-5-16(12-18(17)22-29-31-32-30-22)28-23(33)24(9-10-24)15-4-7-19(25)20(26)11-15/h3-8,11-13H,2,9-10H2,1H3,(H,28,33)(H,29,30,31,32). The van der Waals surface area contributed by atoms with Crippen molar-refractivity contribution in [1.29, 1.82) is 0 Å². The first-order chi connectivity index (χ1) is 16.5. The molecule has 2 aromatic heterocycles. The predicted molar refractivity (Wildman–Crippen MR) is 125 cm³/mol. The summed E-state index contributed by atoms with van der Waals surface area (Å²) in [5.74, 6) is 0.241. The lowest BCUT2D eigenvalue weighted by atomic mass is 9.94. The number of H-pyrrole nitrogens is 1. The van der Waals surface area contributed by atoms with Crippen molar-refractivity contribution < 1.29 is 13.9 Å². The lowest BCUT2D eigenvalue weighted by Crippen LogP contribution is -2.28. The molecule has 2 N–H and O–H groups in total. The first-order valence-corrected chi connectivity index (χ1v) is 11.1. The second kappa shape index (κ2) is 8.83. The molecule has 10 heteroatoms. The van der Waals surface area contributed by atoms with Crippen LogP contribution >= 0.6 is 11.6 Å². The van der Waals surface area contributed by atoms with Gasteiger partial charge in [0.1, 0.15) is 5.82 Å². The van der Waals surface area contributed by atoms with Crippen LogP contribution in [0.1, 0.15) is 25.3 Å². The smallest absolute Gasteiger partial charge is 0.235 e. The summed E-state index contributed by atoms with van der Waals surface area (Å²) < 4.78 is 19.4. The molecule has 1 fully saturated rings. The normalized spacial score (nSPS) is 14.0. The molecule has 34 heavy (non-hydrogen) atoms. The van der Waals surface area contributed by atoms with E-state index in [-0.39, 0.29) is 10.9 Å². The Morgan fingerprint density at radius 2 is 2.03 bits per heavy atom. The number of benzene rings is 2. The van der Waals surface area contributed by atoms with Gasteiger partial charge < -0.3 is 10.1 Å². The highest BCUT2D eigenvalue weighted by Crippen LogP contribution is 2.49. The van der Waals surface area contributed by atoms with Gasteiger partial charge in [0, 0.05) is 29.1 Å². The maximum absolute atomic E-state index is 14.0. The molecule has 0 spiro atoms. The van der Waals surface area contributed by atoms with E-state index in [9.17, 15) is 9.18 Å². The predicted octanol–water partition coefficient (Wildman–Crippen LogP) is 4.79. The van der Waals surface area contributed by atoms with E-state index in [4.69, 9.17) is 16.3 Å². The van der Waals surface area contributed by atoms with Gasteiger partial charge in [-0.3, -0.25) is 4.79 Å². The van der Waals surface area contributed by atoms with Gasteiger partial charge in [-0.2, -0.15) is 0 Å². The molecule has 2 heterocycles. The van der Waals surface area contributed by atoms with E-state index in [1.165, 1.54) is 12.1 Å². The van der Waals surface area contributed by atoms with Crippen molar-refractivity contribution in [2.45, 2.75) is 25.2 Å². The summed E-state index contributed by atoms with van der Waals surface area (Å²) in [7, 11) is 0. The van der Waals surface area contributed by atoms with Gasteiger partial charge in [0.15, 0.2) is 5.82 Å². The quantitative estimate of drug-likeness (QED) is 0.395. The Labute approximate surface area is 199 Å². The third-order valence-corrected chi connectivity index (χ3v) is 6.18. The molecule has 0 atom stereocenters. The fourth-order valence-corrected chi connectivity index (χ4v) is 4.05. The van der Waals surface area contributed by atoms with Crippen molar-refractivity contribution in [3.05, 3.63) is 71.1 Å². The Hall–Kier alpha value is -3.85. The average molecular weight is 479 g/mol. The second-order valence-electron chi connectivity index (χ2n) is 7.99. The van der Waals surface area contributed by atoms with Gasteiger partial charge in [0.25, 0.3) is 0 Å². The SMILES string of the molecule is CCOc1ccc(-c2ccc(NC(=O)C3(c4ccc(Cl)c(F)c4)CC3)cc2-c2nnn[nH]2)cn1. The Kier molecular flexibility index (Phi) is 5.70. The number of nitrogens with zero attached hydrogens (tertiary/aromatic N) is 4. The summed E-state index contributed by atoms with van der Waals surface area (Å²) in [5, 5.41) is 17.2. The van der Waals surface area contributed by atoms with Gasteiger partial charge in [0.05, 0.1) is 17.0 Å². The van der Waals surface area contributed by atoms with Gasteiger partial charge >= 0.3 is 0 Å². The number of rotatable bonds is 7. The van der Waals surface area contributed by atoms with Crippen LogP contribution in [0, 0.1) is 5.82 Å². The molecular formula is C24H20ClFN6O2. The van der Waals surface area contributed by atoms with Gasteiger partial charge in [0.2, 0.25) is 11.8 Å². The minimum atomic E-state index is -0.767. The van der Waals surface area contributed by atoms with Gasteiger partial charge in [-0.1, -0.05) is 23.7 Å². The lowest BCUT2D eigenvalue weighted by molar-refractivity contribution is -0.118. The summed E-state index contributed by atoms with van der Waals surface area (Å²) in [6.07, 6.45) is 2.98. The number of aromatic amines is 1. The molecule has 1 saturated carbocycles. The van der Waals surface area contributed by atoms with Crippen molar-refractivity contribution in [2.24, 2.45) is 0 Å². The Balaban J connectivity index is 1.45. The number of amides is 1. The first-order valence-electron chi connectivity index (χ1n) is 10.7. The van der Waals surface area contributed by atoms with Crippen LogP contribution in [-0.2, 0) is 10.2 Å². The number of anilines is 1. The summed E-state index contributed by atoms with van der Waals surface area (Å²) in [6.45, 7) is 2.42. The number of ether oxygens (including phenoxy) is 1. The second-order valence-corrected chi connectivity index (χ2v) is 8.40. The molecule has 1 aliphatic carbocycles. The number of hydrogen-bond acceptors (Lipinski definition) is 6. The van der Waals surface area contributed by atoms with Crippen LogP contribution in [0.25, 0.3) is 22.5 Å². The summed E-state index contributed by atoms with van der Waals surface area (Å²) in [5.41, 5.74) is 2.77. The summed E-state index contributed by atoms with van der Waals surface area (Å²) in [6, 6.07) is 13.7. The lowest BCUT2D eigenvalue weighted by Gasteiger charge is -2.17. The van der Waals surface area contributed by atoms with E-state index in [1.807, 2.05) is 19.1 Å². The van der Waals surface area contributed by atoms with Crippen molar-refractivity contribution in [3.63, 3.8) is 0 Å². The first kappa shape index (κ1) is 22.0. The zero-order chi connectivity index (χ0) is 23.7. The molecule has 1 amide bonds. The van der Waals surface area contributed by atoms with Crippen LogP contribution in [0.3, 0.4) is 0 Å². The van der Waals surface area contributed by atoms with Crippen molar-refractivity contribution in [3.8, 4) is 28.4 Å².